The summed E-state index contributed by atoms with van der Waals surface area (Å²) in [6.07, 6.45) is -4.98. The molecule has 0 bridgehead atoms. The number of rotatable bonds is 4. The van der Waals surface area contributed by atoms with Gasteiger partial charge in [-0.2, -0.15) is 13.2 Å². The summed E-state index contributed by atoms with van der Waals surface area (Å²) in [6.45, 7) is 7.64. The first-order valence-electron chi connectivity index (χ1n) is 11.2. The highest BCUT2D eigenvalue weighted by Crippen LogP contribution is 2.38. The molecule has 1 aromatic heterocycles. The molecule has 2 aromatic carbocycles. The normalized spacial score (nSPS) is 15.7. The number of hydrogen-bond donors (Lipinski definition) is 0. The van der Waals surface area contributed by atoms with Crippen molar-refractivity contribution in [2.24, 2.45) is 7.05 Å². The van der Waals surface area contributed by atoms with E-state index in [0.717, 1.165) is 27.8 Å². The predicted octanol–water partition coefficient (Wildman–Crippen LogP) is 5.33. The lowest BCUT2D eigenvalue weighted by atomic mass is 9.91. The van der Waals surface area contributed by atoms with Crippen molar-refractivity contribution in [1.29, 1.82) is 0 Å². The van der Waals surface area contributed by atoms with Crippen molar-refractivity contribution in [1.82, 2.24) is 9.47 Å². The summed E-state index contributed by atoms with van der Waals surface area (Å²) in [4.78, 5) is 15.0. The molecule has 1 unspecified atom stereocenters. The fraction of sp³-hybridized carbons (Fsp3) is 0.423. The maximum Gasteiger partial charge on any atom is 0.416 e. The molecule has 1 saturated heterocycles. The van der Waals surface area contributed by atoms with Gasteiger partial charge in [-0.05, 0) is 67.3 Å². The summed E-state index contributed by atoms with van der Waals surface area (Å²) in [7, 11) is 3.32. The molecule has 8 heteroatoms. The van der Waals surface area contributed by atoms with Crippen LogP contribution in [0.2, 0.25) is 0 Å². The standard InChI is InChI=1S/C26H29F3N2O3/c1-15-6-7-19(25(32)31-8-10-34-11-9-31)17(3)23(15)24(33-5)22-14-20-16(2)12-18(26(27,28)29)13-21(20)30(22)4/h6-7,12-14,24H,8-11H2,1-5H3. The Morgan fingerprint density at radius 3 is 2.35 bits per heavy atom. The molecule has 182 valence electrons. The largest absolute Gasteiger partial charge is 0.416 e. The molecule has 0 N–H and O–H groups in total. The van der Waals surface area contributed by atoms with E-state index in [2.05, 4.69) is 0 Å². The average Bonchev–Trinajstić information content (AvgIpc) is 3.13. The number of benzene rings is 2. The van der Waals surface area contributed by atoms with Gasteiger partial charge in [-0.15, -0.1) is 0 Å². The van der Waals surface area contributed by atoms with Crippen molar-refractivity contribution < 1.29 is 27.4 Å². The van der Waals surface area contributed by atoms with Crippen LogP contribution >= 0.6 is 0 Å². The molecule has 4 rings (SSSR count). The number of halogens is 3. The van der Waals surface area contributed by atoms with E-state index < -0.39 is 17.8 Å². The lowest BCUT2D eigenvalue weighted by Gasteiger charge is -2.29. The van der Waals surface area contributed by atoms with Crippen molar-refractivity contribution in [2.45, 2.75) is 33.1 Å². The van der Waals surface area contributed by atoms with Gasteiger partial charge in [0, 0.05) is 43.7 Å². The second-order valence-corrected chi connectivity index (χ2v) is 8.84. The van der Waals surface area contributed by atoms with E-state index in [1.807, 2.05) is 32.0 Å². The van der Waals surface area contributed by atoms with E-state index >= 15 is 0 Å². The third-order valence-electron chi connectivity index (χ3n) is 6.76. The summed E-state index contributed by atoms with van der Waals surface area (Å²) in [5, 5.41) is 0.739. The number of carbonyl (C=O) groups excluding carboxylic acids is 1. The Labute approximate surface area is 197 Å². The number of carbonyl (C=O) groups is 1. The minimum absolute atomic E-state index is 0.0559. The van der Waals surface area contributed by atoms with Crippen molar-refractivity contribution in [3.05, 3.63) is 69.4 Å². The second kappa shape index (κ2) is 9.07. The fourth-order valence-corrected chi connectivity index (χ4v) is 4.87. The first-order valence-corrected chi connectivity index (χ1v) is 11.2. The molecule has 0 spiro atoms. The van der Waals surface area contributed by atoms with Gasteiger partial charge in [0.05, 0.1) is 24.5 Å². The van der Waals surface area contributed by atoms with Crippen molar-refractivity contribution in [2.75, 3.05) is 33.4 Å². The van der Waals surface area contributed by atoms with Gasteiger partial charge in [-0.1, -0.05) is 6.07 Å². The zero-order valence-corrected chi connectivity index (χ0v) is 20.0. The first-order chi connectivity index (χ1) is 16.0. The number of ether oxygens (including phenoxy) is 2. The number of nitrogens with zero attached hydrogens (tertiary/aromatic N) is 2. The lowest BCUT2D eigenvalue weighted by molar-refractivity contribution is -0.137. The number of amides is 1. The molecule has 1 atom stereocenters. The Kier molecular flexibility index (Phi) is 6.48. The molecule has 0 aliphatic carbocycles. The summed E-state index contributed by atoms with van der Waals surface area (Å²) < 4.78 is 53.3. The second-order valence-electron chi connectivity index (χ2n) is 8.84. The van der Waals surface area contributed by atoms with Gasteiger partial charge in [0.1, 0.15) is 6.10 Å². The molecule has 1 amide bonds. The topological polar surface area (TPSA) is 43.7 Å². The van der Waals surface area contributed by atoms with Crippen LogP contribution in [0.4, 0.5) is 13.2 Å². The minimum Gasteiger partial charge on any atom is -0.378 e. The van der Waals surface area contributed by atoms with Gasteiger partial charge in [0.15, 0.2) is 0 Å². The third-order valence-corrected chi connectivity index (χ3v) is 6.76. The van der Waals surface area contributed by atoms with Crippen LogP contribution in [-0.2, 0) is 22.7 Å². The van der Waals surface area contributed by atoms with Crippen LogP contribution in [0.5, 0.6) is 0 Å². The minimum atomic E-state index is -4.43. The molecule has 1 aliphatic rings. The number of hydrogen-bond acceptors (Lipinski definition) is 3. The van der Waals surface area contributed by atoms with Crippen LogP contribution in [0.3, 0.4) is 0 Å². The molecular weight excluding hydrogens is 445 g/mol. The van der Waals surface area contributed by atoms with E-state index in [4.69, 9.17) is 9.47 Å². The Morgan fingerprint density at radius 2 is 1.74 bits per heavy atom. The van der Waals surface area contributed by atoms with Crippen molar-refractivity contribution >= 4 is 16.8 Å². The summed E-state index contributed by atoms with van der Waals surface area (Å²) in [5.74, 6) is -0.0559. The quantitative estimate of drug-likeness (QED) is 0.513. The Balaban J connectivity index is 1.83. The van der Waals surface area contributed by atoms with Crippen LogP contribution < -0.4 is 0 Å². The predicted molar refractivity (Wildman–Crippen MR) is 124 cm³/mol. The molecule has 0 radical (unpaired) electrons. The molecule has 34 heavy (non-hydrogen) atoms. The molecule has 1 aliphatic heterocycles. The molecule has 1 fully saturated rings. The molecule has 0 saturated carbocycles. The van der Waals surface area contributed by atoms with Crippen molar-refractivity contribution in [3.63, 3.8) is 0 Å². The lowest BCUT2D eigenvalue weighted by Crippen LogP contribution is -2.41. The van der Waals surface area contributed by atoms with Gasteiger partial charge in [-0.3, -0.25) is 4.79 Å². The molecule has 2 heterocycles. The van der Waals surface area contributed by atoms with Gasteiger partial charge < -0.3 is 18.9 Å². The maximum absolute atomic E-state index is 13.4. The van der Waals surface area contributed by atoms with E-state index in [9.17, 15) is 18.0 Å². The monoisotopic (exact) mass is 474 g/mol. The van der Waals surface area contributed by atoms with Crippen LogP contribution in [0, 0.1) is 20.8 Å². The van der Waals surface area contributed by atoms with Crippen LogP contribution in [0.25, 0.3) is 10.9 Å². The zero-order valence-electron chi connectivity index (χ0n) is 20.0. The number of alkyl halides is 3. The number of morpholine rings is 1. The highest BCUT2D eigenvalue weighted by Gasteiger charge is 2.32. The van der Waals surface area contributed by atoms with Crippen molar-refractivity contribution in [3.8, 4) is 0 Å². The van der Waals surface area contributed by atoms with Crippen LogP contribution in [0.15, 0.2) is 30.3 Å². The summed E-state index contributed by atoms with van der Waals surface area (Å²) >= 11 is 0. The van der Waals surface area contributed by atoms with Gasteiger partial charge in [0.2, 0.25) is 0 Å². The number of methoxy groups -OCH3 is 1. The third kappa shape index (κ3) is 4.20. The number of aryl methyl sites for hydroxylation is 3. The zero-order chi connectivity index (χ0) is 24.8. The maximum atomic E-state index is 13.4. The molecular formula is C26H29F3N2O3. The van der Waals surface area contributed by atoms with E-state index in [1.165, 1.54) is 12.1 Å². The highest BCUT2D eigenvalue weighted by molar-refractivity contribution is 5.96. The SMILES string of the molecule is COC(c1c(C)ccc(C(=O)N2CCOCC2)c1C)c1cc2c(C)cc(C(F)(F)F)cc2n1C. The van der Waals surface area contributed by atoms with Crippen LogP contribution in [0.1, 0.15) is 50.0 Å². The first kappa shape index (κ1) is 24.3. The number of aromatic nitrogens is 1. The molecule has 5 nitrogen and oxygen atoms in total. The highest BCUT2D eigenvalue weighted by atomic mass is 19.4. The van der Waals surface area contributed by atoms with Gasteiger partial charge in [0.25, 0.3) is 5.91 Å². The van der Waals surface area contributed by atoms with Gasteiger partial charge >= 0.3 is 6.18 Å². The van der Waals surface area contributed by atoms with E-state index in [-0.39, 0.29) is 5.91 Å². The Morgan fingerprint density at radius 1 is 1.06 bits per heavy atom. The number of fused-ring (bicyclic) bond motifs is 1. The Hall–Kier alpha value is -2.84. The fourth-order valence-electron chi connectivity index (χ4n) is 4.87. The smallest absolute Gasteiger partial charge is 0.378 e. The summed E-state index contributed by atoms with van der Waals surface area (Å²) in [5.41, 5.74) is 4.28. The molecule has 3 aromatic rings. The summed E-state index contributed by atoms with van der Waals surface area (Å²) in [6, 6.07) is 7.97. The average molecular weight is 475 g/mol. The Bertz CT molecular complexity index is 1240. The van der Waals surface area contributed by atoms with Crippen LogP contribution in [-0.4, -0.2) is 48.8 Å². The van der Waals surface area contributed by atoms with E-state index in [0.29, 0.717) is 42.9 Å². The van der Waals surface area contributed by atoms with E-state index in [1.54, 1.807) is 30.5 Å². The van der Waals surface area contributed by atoms with Gasteiger partial charge in [-0.25, -0.2) is 0 Å².